The Morgan fingerprint density at radius 3 is 1.09 bits per heavy atom. The van der Waals surface area contributed by atoms with Crippen LogP contribution in [-0.2, 0) is 38.7 Å². The Balaban J connectivity index is -0.000000569. The first kappa shape index (κ1) is 37.5. The number of hydrogen-bond donors (Lipinski definition) is 4. The molecule has 0 aromatic carbocycles. The third-order valence-corrected chi connectivity index (χ3v) is 6.21. The van der Waals surface area contributed by atoms with E-state index in [1.165, 1.54) is 0 Å². The van der Waals surface area contributed by atoms with Gasteiger partial charge < -0.3 is 20.4 Å². The maximum atomic E-state index is 11.0. The SMILES string of the molecule is C=C(C(=O)O)C(CC(CC)CCCC)C(=O)O.C=C(C(=O)O)C(CC(CC)CCCC)C(=O)O.[Zn]. The molecule has 0 aliphatic heterocycles. The topological polar surface area (TPSA) is 149 Å². The number of rotatable bonds is 18. The van der Waals surface area contributed by atoms with Crippen molar-refractivity contribution in [3.05, 3.63) is 24.3 Å². The van der Waals surface area contributed by atoms with Gasteiger partial charge in [0.2, 0.25) is 0 Å². The van der Waals surface area contributed by atoms with E-state index in [1.807, 2.05) is 13.8 Å². The standard InChI is InChI=1S/2C13H22O4.Zn/c2*1-4-6-7-10(5-2)8-11(13(16)17)9(3)12(14)15;/h2*10-11H,3-8H2,1-2H3,(H,14,15)(H,16,17);. The molecule has 4 atom stereocenters. The second-order valence-electron chi connectivity index (χ2n) is 8.75. The second-order valence-corrected chi connectivity index (χ2v) is 8.75. The average Bonchev–Trinajstić information content (AvgIpc) is 2.78. The first-order valence-corrected chi connectivity index (χ1v) is 12.2. The first-order chi connectivity index (χ1) is 15.9. The van der Waals surface area contributed by atoms with Gasteiger partial charge in [-0.15, -0.1) is 0 Å². The number of hydrogen-bond acceptors (Lipinski definition) is 4. The van der Waals surface area contributed by atoms with Gasteiger partial charge in [-0.3, -0.25) is 9.59 Å². The Hall–Kier alpha value is -2.02. The van der Waals surface area contributed by atoms with E-state index < -0.39 is 35.7 Å². The van der Waals surface area contributed by atoms with Gasteiger partial charge in [-0.05, 0) is 24.7 Å². The van der Waals surface area contributed by atoms with Crippen molar-refractivity contribution < 1.29 is 59.1 Å². The van der Waals surface area contributed by atoms with Crippen LogP contribution < -0.4 is 0 Å². The normalized spacial score (nSPS) is 13.6. The number of aliphatic carboxylic acids is 4. The molecule has 35 heavy (non-hydrogen) atoms. The molecule has 4 unspecified atom stereocenters. The molecule has 0 aromatic rings. The molecule has 0 saturated heterocycles. The van der Waals surface area contributed by atoms with Gasteiger partial charge >= 0.3 is 23.9 Å². The van der Waals surface area contributed by atoms with Crippen molar-refractivity contribution in [3.63, 3.8) is 0 Å². The molecule has 0 saturated carbocycles. The van der Waals surface area contributed by atoms with Gasteiger partial charge in [-0.2, -0.15) is 0 Å². The Bertz CT molecular complexity index is 631. The van der Waals surface area contributed by atoms with Crippen molar-refractivity contribution in [3.8, 4) is 0 Å². The van der Waals surface area contributed by atoms with E-state index in [0.29, 0.717) is 12.8 Å². The maximum absolute atomic E-state index is 11.0. The average molecular weight is 550 g/mol. The zero-order valence-electron chi connectivity index (χ0n) is 21.9. The second kappa shape index (κ2) is 21.3. The van der Waals surface area contributed by atoms with E-state index in [4.69, 9.17) is 20.4 Å². The van der Waals surface area contributed by atoms with Crippen LogP contribution in [0.5, 0.6) is 0 Å². The molecule has 4 N–H and O–H groups in total. The molecule has 0 aromatic heterocycles. The molecule has 0 fully saturated rings. The largest absolute Gasteiger partial charge is 0.481 e. The van der Waals surface area contributed by atoms with Gasteiger partial charge in [-0.25, -0.2) is 9.59 Å². The van der Waals surface area contributed by atoms with Crippen molar-refractivity contribution in [1.29, 1.82) is 0 Å². The van der Waals surface area contributed by atoms with E-state index in [2.05, 4.69) is 27.0 Å². The number of carboxylic acids is 4. The number of carbonyl (C=O) groups is 4. The van der Waals surface area contributed by atoms with Crippen molar-refractivity contribution in [2.24, 2.45) is 23.7 Å². The number of carboxylic acid groups (broad SMARTS) is 4. The van der Waals surface area contributed by atoms with Crippen LogP contribution in [0, 0.1) is 23.7 Å². The third kappa shape index (κ3) is 16.3. The molecule has 0 radical (unpaired) electrons. The molecule has 0 bridgehead atoms. The first-order valence-electron chi connectivity index (χ1n) is 12.2. The van der Waals surface area contributed by atoms with Crippen LogP contribution in [0.4, 0.5) is 0 Å². The molecule has 0 rings (SSSR count). The molecule has 0 aliphatic rings. The van der Waals surface area contributed by atoms with Gasteiger partial charge in [0.05, 0.1) is 11.8 Å². The Morgan fingerprint density at radius 1 is 0.629 bits per heavy atom. The van der Waals surface area contributed by atoms with Gasteiger partial charge in [0.15, 0.2) is 0 Å². The Morgan fingerprint density at radius 2 is 0.914 bits per heavy atom. The van der Waals surface area contributed by atoms with Crippen LogP contribution in [0.25, 0.3) is 0 Å². The predicted molar refractivity (Wildman–Crippen MR) is 132 cm³/mol. The van der Waals surface area contributed by atoms with Crippen LogP contribution in [-0.4, -0.2) is 44.3 Å². The fraction of sp³-hybridized carbons (Fsp3) is 0.692. The zero-order chi connectivity index (χ0) is 26.8. The molecule has 9 heteroatoms. The molecule has 0 amide bonds. The van der Waals surface area contributed by atoms with Crippen molar-refractivity contribution in [1.82, 2.24) is 0 Å². The molecule has 0 heterocycles. The zero-order valence-corrected chi connectivity index (χ0v) is 24.9. The van der Waals surface area contributed by atoms with Crippen molar-refractivity contribution in [2.45, 2.75) is 91.9 Å². The smallest absolute Gasteiger partial charge is 0.331 e. The van der Waals surface area contributed by atoms with E-state index >= 15 is 0 Å². The monoisotopic (exact) mass is 548 g/mol. The summed E-state index contributed by atoms with van der Waals surface area (Å²) in [7, 11) is 0. The molecule has 8 nitrogen and oxygen atoms in total. The van der Waals surface area contributed by atoms with E-state index in [9.17, 15) is 19.2 Å². The van der Waals surface area contributed by atoms with Crippen LogP contribution in [0.1, 0.15) is 91.9 Å². The summed E-state index contributed by atoms with van der Waals surface area (Å²) in [6.45, 7) is 14.9. The van der Waals surface area contributed by atoms with Crippen molar-refractivity contribution >= 4 is 23.9 Å². The minimum atomic E-state index is -1.22. The molecular weight excluding hydrogens is 506 g/mol. The van der Waals surface area contributed by atoms with Gasteiger partial charge in [0.25, 0.3) is 0 Å². The predicted octanol–water partition coefficient (Wildman–Crippen LogP) is 5.87. The molecule has 0 aliphatic carbocycles. The van der Waals surface area contributed by atoms with Gasteiger partial charge in [0.1, 0.15) is 0 Å². The summed E-state index contributed by atoms with van der Waals surface area (Å²) in [5.41, 5.74) is -0.431. The summed E-state index contributed by atoms with van der Waals surface area (Å²) in [5, 5.41) is 35.7. The van der Waals surface area contributed by atoms with Crippen LogP contribution in [0.3, 0.4) is 0 Å². The third-order valence-electron chi connectivity index (χ3n) is 6.21. The van der Waals surface area contributed by atoms with Gasteiger partial charge in [-0.1, -0.05) is 92.2 Å². The Labute approximate surface area is 222 Å². The van der Waals surface area contributed by atoms with E-state index in [0.717, 1.165) is 51.4 Å². The van der Waals surface area contributed by atoms with Gasteiger partial charge in [0, 0.05) is 30.6 Å². The summed E-state index contributed by atoms with van der Waals surface area (Å²) in [5.74, 6) is -6.03. The minimum absolute atomic E-state index is 0. The van der Waals surface area contributed by atoms with E-state index in [1.54, 1.807) is 0 Å². The summed E-state index contributed by atoms with van der Waals surface area (Å²) >= 11 is 0. The van der Waals surface area contributed by atoms with Crippen LogP contribution in [0.15, 0.2) is 24.3 Å². The quantitative estimate of drug-likeness (QED) is 0.122. The fourth-order valence-electron chi connectivity index (χ4n) is 3.71. The van der Waals surface area contributed by atoms with Crippen LogP contribution >= 0.6 is 0 Å². The summed E-state index contributed by atoms with van der Waals surface area (Å²) in [4.78, 5) is 43.6. The fourth-order valence-corrected chi connectivity index (χ4v) is 3.71. The van der Waals surface area contributed by atoms with Crippen LogP contribution in [0.2, 0.25) is 0 Å². The molecule has 0 spiro atoms. The molecular formula is C26H44O8Zn. The molecule has 198 valence electrons. The summed E-state index contributed by atoms with van der Waals surface area (Å²) < 4.78 is 0. The maximum Gasteiger partial charge on any atom is 0.331 e. The van der Waals surface area contributed by atoms with E-state index in [-0.39, 0.29) is 42.5 Å². The van der Waals surface area contributed by atoms with Crippen molar-refractivity contribution in [2.75, 3.05) is 0 Å². The summed E-state index contributed by atoms with van der Waals surface area (Å²) in [6, 6.07) is 0. The Kier molecular flexibility index (Phi) is 22.8. The minimum Gasteiger partial charge on any atom is -0.481 e. The number of unbranched alkanes of at least 4 members (excludes halogenated alkanes) is 2. The summed E-state index contributed by atoms with van der Waals surface area (Å²) in [6.07, 6.45) is 8.60.